The van der Waals surface area contributed by atoms with Crippen LogP contribution in [-0.4, -0.2) is 19.3 Å². The maximum Gasteiger partial charge on any atom is 0.0668 e. The van der Waals surface area contributed by atoms with Gasteiger partial charge in [-0.3, -0.25) is 0 Å². The number of likely N-dealkylation sites (N-methyl/N-ethyl adjacent to an activating group) is 1. The smallest absolute Gasteiger partial charge is 0.0668 e. The van der Waals surface area contributed by atoms with Gasteiger partial charge in [0.15, 0.2) is 0 Å². The van der Waals surface area contributed by atoms with Crippen LogP contribution in [-0.2, 0) is 4.74 Å². The zero-order valence-electron chi connectivity index (χ0n) is 12.7. The summed E-state index contributed by atoms with van der Waals surface area (Å²) in [5.74, 6) is 0.765. The van der Waals surface area contributed by atoms with Crippen LogP contribution < -0.4 is 5.32 Å². The summed E-state index contributed by atoms with van der Waals surface area (Å²) in [4.78, 5) is 0. The first-order valence-corrected chi connectivity index (χ1v) is 7.41. The van der Waals surface area contributed by atoms with Gasteiger partial charge in [0.2, 0.25) is 0 Å². The Bertz CT molecular complexity index is 404. The third-order valence-corrected chi connectivity index (χ3v) is 3.95. The minimum atomic E-state index is -0.0828. The molecule has 2 heteroatoms. The van der Waals surface area contributed by atoms with E-state index in [1.807, 2.05) is 7.05 Å². The van der Waals surface area contributed by atoms with Crippen molar-refractivity contribution in [2.24, 2.45) is 0 Å². The summed E-state index contributed by atoms with van der Waals surface area (Å²) in [5.41, 5.74) is 2.85. The van der Waals surface area contributed by atoms with Crippen molar-refractivity contribution in [1.82, 2.24) is 5.32 Å². The van der Waals surface area contributed by atoms with E-state index in [9.17, 15) is 0 Å². The number of ether oxygens (including phenoxy) is 1. The Morgan fingerprint density at radius 2 is 1.95 bits per heavy atom. The van der Waals surface area contributed by atoms with Crippen LogP contribution in [0.15, 0.2) is 24.3 Å². The lowest BCUT2D eigenvalue weighted by molar-refractivity contribution is -0.0140. The van der Waals surface area contributed by atoms with Crippen molar-refractivity contribution >= 4 is 0 Å². The highest BCUT2D eigenvalue weighted by Gasteiger charge is 2.25. The standard InChI is InChI=1S/C17H27NO/c1-17(2,3)19-12-16(18-4)15-11-6-5-10-14(15)13-8-7-9-13/h5-6,10-11,13,16,18H,7-9,12H2,1-4H3. The van der Waals surface area contributed by atoms with Crippen molar-refractivity contribution in [3.8, 4) is 0 Å². The lowest BCUT2D eigenvalue weighted by Crippen LogP contribution is -2.29. The van der Waals surface area contributed by atoms with E-state index in [1.54, 1.807) is 0 Å². The minimum Gasteiger partial charge on any atom is -0.374 e. The van der Waals surface area contributed by atoms with E-state index in [-0.39, 0.29) is 11.6 Å². The topological polar surface area (TPSA) is 21.3 Å². The van der Waals surface area contributed by atoms with Crippen LogP contribution in [0.1, 0.15) is 63.1 Å². The van der Waals surface area contributed by atoms with Gasteiger partial charge < -0.3 is 10.1 Å². The van der Waals surface area contributed by atoms with E-state index in [1.165, 1.54) is 30.4 Å². The lowest BCUT2D eigenvalue weighted by atomic mass is 9.77. The summed E-state index contributed by atoms with van der Waals surface area (Å²) in [6.45, 7) is 7.05. The predicted octanol–water partition coefficient (Wildman–Crippen LogP) is 4.03. The quantitative estimate of drug-likeness (QED) is 0.864. The fourth-order valence-electron chi connectivity index (χ4n) is 2.58. The van der Waals surface area contributed by atoms with Crippen molar-refractivity contribution in [3.05, 3.63) is 35.4 Å². The molecule has 0 aromatic heterocycles. The molecule has 1 aromatic carbocycles. The molecular weight excluding hydrogens is 234 g/mol. The average Bonchev–Trinajstić information content (AvgIpc) is 2.28. The Morgan fingerprint density at radius 1 is 1.26 bits per heavy atom. The molecule has 2 nitrogen and oxygen atoms in total. The molecule has 1 saturated carbocycles. The highest BCUT2D eigenvalue weighted by molar-refractivity contribution is 5.34. The molecule has 1 fully saturated rings. The molecule has 1 aliphatic carbocycles. The summed E-state index contributed by atoms with van der Waals surface area (Å²) in [5, 5.41) is 3.41. The van der Waals surface area contributed by atoms with E-state index < -0.39 is 0 Å². The van der Waals surface area contributed by atoms with Gasteiger partial charge >= 0.3 is 0 Å². The summed E-state index contributed by atoms with van der Waals surface area (Å²) < 4.78 is 5.96. The first kappa shape index (κ1) is 14.5. The molecule has 0 spiro atoms. The van der Waals surface area contributed by atoms with Gasteiger partial charge in [0.1, 0.15) is 0 Å². The Morgan fingerprint density at radius 3 is 2.47 bits per heavy atom. The zero-order valence-corrected chi connectivity index (χ0v) is 12.7. The number of rotatable bonds is 5. The molecule has 0 radical (unpaired) electrons. The molecule has 0 heterocycles. The van der Waals surface area contributed by atoms with Crippen molar-refractivity contribution in [2.75, 3.05) is 13.7 Å². The molecule has 2 rings (SSSR count). The van der Waals surface area contributed by atoms with Crippen molar-refractivity contribution < 1.29 is 4.74 Å². The van der Waals surface area contributed by atoms with Crippen LogP contribution in [0.2, 0.25) is 0 Å². The maximum absolute atomic E-state index is 5.96. The van der Waals surface area contributed by atoms with Gasteiger partial charge in [-0.1, -0.05) is 30.7 Å². The fraction of sp³-hybridized carbons (Fsp3) is 0.647. The van der Waals surface area contributed by atoms with E-state index >= 15 is 0 Å². The Labute approximate surface area is 117 Å². The van der Waals surface area contributed by atoms with Crippen molar-refractivity contribution in [1.29, 1.82) is 0 Å². The van der Waals surface area contributed by atoms with E-state index in [4.69, 9.17) is 4.74 Å². The Balaban J connectivity index is 2.13. The second-order valence-electron chi connectivity index (χ2n) is 6.52. The lowest BCUT2D eigenvalue weighted by Gasteiger charge is -2.31. The molecular formula is C17H27NO. The molecule has 19 heavy (non-hydrogen) atoms. The Hall–Kier alpha value is -0.860. The van der Waals surface area contributed by atoms with E-state index in [0.717, 1.165) is 12.5 Å². The third kappa shape index (κ3) is 3.80. The van der Waals surface area contributed by atoms with E-state index in [2.05, 4.69) is 50.4 Å². The average molecular weight is 261 g/mol. The first-order valence-electron chi connectivity index (χ1n) is 7.41. The normalized spacial score (nSPS) is 18.1. The molecule has 106 valence electrons. The molecule has 1 atom stereocenters. The summed E-state index contributed by atoms with van der Waals surface area (Å²) in [6, 6.07) is 9.13. The Kier molecular flexibility index (Phi) is 4.64. The molecule has 1 aliphatic rings. The van der Waals surface area contributed by atoms with Crippen LogP contribution >= 0.6 is 0 Å². The van der Waals surface area contributed by atoms with Crippen molar-refractivity contribution in [3.63, 3.8) is 0 Å². The molecule has 1 N–H and O–H groups in total. The highest BCUT2D eigenvalue weighted by atomic mass is 16.5. The van der Waals surface area contributed by atoms with Gasteiger partial charge in [-0.25, -0.2) is 0 Å². The molecule has 0 amide bonds. The van der Waals surface area contributed by atoms with Crippen LogP contribution in [0.25, 0.3) is 0 Å². The predicted molar refractivity (Wildman–Crippen MR) is 80.5 cm³/mol. The molecule has 0 aliphatic heterocycles. The van der Waals surface area contributed by atoms with Crippen molar-refractivity contribution in [2.45, 2.75) is 57.6 Å². The zero-order chi connectivity index (χ0) is 13.9. The van der Waals surface area contributed by atoms with Gasteiger partial charge in [-0.2, -0.15) is 0 Å². The molecule has 1 aromatic rings. The second kappa shape index (κ2) is 6.06. The van der Waals surface area contributed by atoms with E-state index in [0.29, 0.717) is 0 Å². The minimum absolute atomic E-state index is 0.0828. The SMILES string of the molecule is CNC(COC(C)(C)C)c1ccccc1C1CCC1. The second-order valence-corrected chi connectivity index (χ2v) is 6.52. The van der Waals surface area contributed by atoms with Gasteiger partial charge in [-0.15, -0.1) is 0 Å². The van der Waals surface area contributed by atoms with Gasteiger partial charge in [0.25, 0.3) is 0 Å². The number of hydrogen-bond donors (Lipinski definition) is 1. The van der Waals surface area contributed by atoms with Crippen LogP contribution in [0.3, 0.4) is 0 Å². The van der Waals surface area contributed by atoms with Crippen LogP contribution in [0.4, 0.5) is 0 Å². The number of hydrogen-bond acceptors (Lipinski definition) is 2. The largest absolute Gasteiger partial charge is 0.374 e. The van der Waals surface area contributed by atoms with Gasteiger partial charge in [-0.05, 0) is 57.7 Å². The maximum atomic E-state index is 5.96. The van der Waals surface area contributed by atoms with Gasteiger partial charge in [0.05, 0.1) is 18.2 Å². The summed E-state index contributed by atoms with van der Waals surface area (Å²) in [6.07, 6.45) is 4.06. The monoisotopic (exact) mass is 261 g/mol. The summed E-state index contributed by atoms with van der Waals surface area (Å²) in [7, 11) is 2.02. The number of nitrogens with one attached hydrogen (secondary N) is 1. The van der Waals surface area contributed by atoms with Gasteiger partial charge in [0, 0.05) is 0 Å². The molecule has 0 saturated heterocycles. The highest BCUT2D eigenvalue weighted by Crippen LogP contribution is 2.39. The van der Waals surface area contributed by atoms with Crippen LogP contribution in [0, 0.1) is 0 Å². The number of benzene rings is 1. The third-order valence-electron chi connectivity index (χ3n) is 3.95. The van der Waals surface area contributed by atoms with Crippen LogP contribution in [0.5, 0.6) is 0 Å². The first-order chi connectivity index (χ1) is 9.01. The fourth-order valence-corrected chi connectivity index (χ4v) is 2.58. The summed E-state index contributed by atoms with van der Waals surface area (Å²) >= 11 is 0. The molecule has 1 unspecified atom stereocenters. The molecule has 0 bridgehead atoms.